The lowest BCUT2D eigenvalue weighted by molar-refractivity contribution is -0.132. The molecule has 1 unspecified atom stereocenters. The smallest absolute Gasteiger partial charge is 0.243 e. The first kappa shape index (κ1) is 21.0. The molecular formula is C20H22BrFN2O3S. The molecular weight excluding hydrogens is 447 g/mol. The third-order valence-corrected chi connectivity index (χ3v) is 7.39. The van der Waals surface area contributed by atoms with Crippen LogP contribution in [0.25, 0.3) is 0 Å². The van der Waals surface area contributed by atoms with Crippen molar-refractivity contribution in [2.75, 3.05) is 13.1 Å². The predicted molar refractivity (Wildman–Crippen MR) is 108 cm³/mol. The zero-order chi connectivity index (χ0) is 20.4. The Hall–Kier alpha value is -1.77. The molecule has 0 saturated carbocycles. The van der Waals surface area contributed by atoms with E-state index in [-0.39, 0.29) is 29.7 Å². The molecule has 0 bridgehead atoms. The summed E-state index contributed by atoms with van der Waals surface area (Å²) < 4.78 is 41.4. The van der Waals surface area contributed by atoms with E-state index in [2.05, 4.69) is 21.2 Å². The third kappa shape index (κ3) is 4.61. The Kier molecular flexibility index (Phi) is 6.21. The second-order valence-electron chi connectivity index (χ2n) is 7.27. The quantitative estimate of drug-likeness (QED) is 0.727. The maximum Gasteiger partial charge on any atom is 0.243 e. The minimum atomic E-state index is -3.67. The number of piperidine rings is 1. The van der Waals surface area contributed by atoms with Gasteiger partial charge in [0.2, 0.25) is 15.9 Å². The normalized spacial score (nSPS) is 20.7. The first-order chi connectivity index (χ1) is 13.2. The van der Waals surface area contributed by atoms with Crippen molar-refractivity contribution in [2.45, 2.75) is 31.2 Å². The van der Waals surface area contributed by atoms with Crippen molar-refractivity contribution >= 4 is 31.9 Å². The van der Waals surface area contributed by atoms with Crippen LogP contribution in [0.4, 0.5) is 4.39 Å². The molecule has 1 saturated heterocycles. The van der Waals surface area contributed by atoms with Gasteiger partial charge in [-0.3, -0.25) is 4.79 Å². The monoisotopic (exact) mass is 468 g/mol. The number of nitrogens with zero attached hydrogens (tertiary/aromatic N) is 1. The largest absolute Gasteiger partial charge is 0.352 e. The highest BCUT2D eigenvalue weighted by Gasteiger charge is 2.41. The molecule has 0 radical (unpaired) electrons. The Balaban J connectivity index is 1.71. The molecule has 0 spiro atoms. The fourth-order valence-electron chi connectivity index (χ4n) is 3.38. The van der Waals surface area contributed by atoms with Gasteiger partial charge in [-0.25, -0.2) is 12.8 Å². The minimum Gasteiger partial charge on any atom is -0.352 e. The van der Waals surface area contributed by atoms with Crippen LogP contribution in [-0.4, -0.2) is 31.7 Å². The number of benzene rings is 2. The highest BCUT2D eigenvalue weighted by Crippen LogP contribution is 2.33. The van der Waals surface area contributed by atoms with E-state index in [0.29, 0.717) is 24.9 Å². The van der Waals surface area contributed by atoms with Crippen LogP contribution in [0.1, 0.15) is 25.3 Å². The van der Waals surface area contributed by atoms with Crippen LogP contribution in [-0.2, 0) is 21.4 Å². The molecule has 150 valence electrons. The van der Waals surface area contributed by atoms with E-state index in [0.717, 1.165) is 4.47 Å². The van der Waals surface area contributed by atoms with Crippen molar-refractivity contribution in [3.8, 4) is 0 Å². The number of sulfonamides is 1. The van der Waals surface area contributed by atoms with Gasteiger partial charge in [-0.05, 0) is 61.7 Å². The number of halogens is 2. The summed E-state index contributed by atoms with van der Waals surface area (Å²) in [5, 5.41) is 2.82. The summed E-state index contributed by atoms with van der Waals surface area (Å²) in [4.78, 5) is 13.0. The second-order valence-corrected chi connectivity index (χ2v) is 10.1. The van der Waals surface area contributed by atoms with E-state index in [1.807, 2.05) is 0 Å². The van der Waals surface area contributed by atoms with Crippen molar-refractivity contribution in [1.29, 1.82) is 0 Å². The van der Waals surface area contributed by atoms with Crippen LogP contribution >= 0.6 is 15.9 Å². The van der Waals surface area contributed by atoms with Crippen LogP contribution in [0.3, 0.4) is 0 Å². The first-order valence-electron chi connectivity index (χ1n) is 8.99. The first-order valence-corrected chi connectivity index (χ1v) is 11.2. The Morgan fingerprint density at radius 3 is 2.64 bits per heavy atom. The average Bonchev–Trinajstić information content (AvgIpc) is 2.66. The van der Waals surface area contributed by atoms with E-state index in [1.165, 1.54) is 16.4 Å². The zero-order valence-electron chi connectivity index (χ0n) is 15.5. The number of carbonyl (C=O) groups is 1. The summed E-state index contributed by atoms with van der Waals surface area (Å²) in [6, 6.07) is 12.5. The molecule has 1 amide bonds. The number of nitrogens with one attached hydrogen (secondary N) is 1. The second kappa shape index (κ2) is 8.31. The van der Waals surface area contributed by atoms with Crippen LogP contribution in [0.5, 0.6) is 0 Å². The molecule has 1 N–H and O–H groups in total. The molecule has 1 heterocycles. The third-order valence-electron chi connectivity index (χ3n) is 5.00. The molecule has 2 aromatic rings. The van der Waals surface area contributed by atoms with Gasteiger partial charge in [0.05, 0.1) is 10.3 Å². The Morgan fingerprint density at radius 1 is 1.25 bits per heavy atom. The predicted octanol–water partition coefficient (Wildman–Crippen LogP) is 3.70. The van der Waals surface area contributed by atoms with E-state index in [9.17, 15) is 17.6 Å². The van der Waals surface area contributed by atoms with Crippen molar-refractivity contribution < 1.29 is 17.6 Å². The van der Waals surface area contributed by atoms with Gasteiger partial charge < -0.3 is 5.32 Å². The molecule has 1 aliphatic heterocycles. The summed E-state index contributed by atoms with van der Waals surface area (Å²) in [5.41, 5.74) is -0.180. The Bertz CT molecular complexity index is 966. The van der Waals surface area contributed by atoms with Gasteiger partial charge >= 0.3 is 0 Å². The lowest BCUT2D eigenvalue weighted by Crippen LogP contribution is -2.51. The van der Waals surface area contributed by atoms with Crippen molar-refractivity contribution in [3.05, 3.63) is 64.4 Å². The van der Waals surface area contributed by atoms with Crippen molar-refractivity contribution in [3.63, 3.8) is 0 Å². The fraction of sp³-hybridized carbons (Fsp3) is 0.350. The number of rotatable bonds is 5. The summed E-state index contributed by atoms with van der Waals surface area (Å²) >= 11 is 3.30. The zero-order valence-corrected chi connectivity index (χ0v) is 17.9. The van der Waals surface area contributed by atoms with Gasteiger partial charge in [-0.1, -0.05) is 28.1 Å². The number of hydrogen-bond donors (Lipinski definition) is 1. The summed E-state index contributed by atoms with van der Waals surface area (Å²) in [6.07, 6.45) is 1.19. The molecule has 5 nitrogen and oxygen atoms in total. The standard InChI is InChI=1S/C20H22BrFN2O3S/c1-20(19(25)23-13-15-4-2-5-17(22)12-15)10-3-11-24(14-20)28(26,27)18-8-6-16(21)7-9-18/h2,4-9,12H,3,10-11,13-14H2,1H3,(H,23,25). The van der Waals surface area contributed by atoms with Gasteiger partial charge in [-0.2, -0.15) is 4.31 Å². The van der Waals surface area contributed by atoms with E-state index >= 15 is 0 Å². The van der Waals surface area contributed by atoms with Gasteiger partial charge in [0.15, 0.2) is 0 Å². The van der Waals surface area contributed by atoms with Gasteiger partial charge in [0.25, 0.3) is 0 Å². The van der Waals surface area contributed by atoms with E-state index in [1.54, 1.807) is 43.3 Å². The Morgan fingerprint density at radius 2 is 1.96 bits per heavy atom. The number of hydrogen-bond acceptors (Lipinski definition) is 3. The van der Waals surface area contributed by atoms with Crippen LogP contribution in [0.15, 0.2) is 57.9 Å². The molecule has 28 heavy (non-hydrogen) atoms. The fourth-order valence-corrected chi connectivity index (χ4v) is 5.25. The van der Waals surface area contributed by atoms with Crippen LogP contribution in [0, 0.1) is 11.2 Å². The summed E-state index contributed by atoms with van der Waals surface area (Å²) in [7, 11) is -3.67. The topological polar surface area (TPSA) is 66.5 Å². The maximum absolute atomic E-state index is 13.3. The highest BCUT2D eigenvalue weighted by molar-refractivity contribution is 9.10. The molecule has 1 fully saturated rings. The number of carbonyl (C=O) groups excluding carboxylic acids is 1. The summed E-state index contributed by atoms with van der Waals surface area (Å²) in [5.74, 6) is -0.588. The van der Waals surface area contributed by atoms with Gasteiger partial charge in [0.1, 0.15) is 5.82 Å². The van der Waals surface area contributed by atoms with E-state index in [4.69, 9.17) is 0 Å². The van der Waals surface area contributed by atoms with E-state index < -0.39 is 15.4 Å². The number of amides is 1. The highest BCUT2D eigenvalue weighted by atomic mass is 79.9. The average molecular weight is 469 g/mol. The molecule has 1 atom stereocenters. The Labute approximate surface area is 173 Å². The molecule has 0 aliphatic carbocycles. The lowest BCUT2D eigenvalue weighted by atomic mass is 9.82. The minimum absolute atomic E-state index is 0.111. The molecule has 2 aromatic carbocycles. The molecule has 1 aliphatic rings. The van der Waals surface area contributed by atoms with Crippen LogP contribution in [0.2, 0.25) is 0 Å². The summed E-state index contributed by atoms with van der Waals surface area (Å²) in [6.45, 7) is 2.47. The van der Waals surface area contributed by atoms with Gasteiger partial charge in [0, 0.05) is 24.1 Å². The SMILES string of the molecule is CC1(C(=O)NCc2cccc(F)c2)CCCN(S(=O)(=O)c2ccc(Br)cc2)C1. The lowest BCUT2D eigenvalue weighted by Gasteiger charge is -2.38. The van der Waals surface area contributed by atoms with Crippen molar-refractivity contribution in [1.82, 2.24) is 9.62 Å². The van der Waals surface area contributed by atoms with Gasteiger partial charge in [-0.15, -0.1) is 0 Å². The maximum atomic E-state index is 13.3. The molecule has 8 heteroatoms. The van der Waals surface area contributed by atoms with Crippen LogP contribution < -0.4 is 5.32 Å². The molecule has 0 aromatic heterocycles. The molecule has 3 rings (SSSR count). The van der Waals surface area contributed by atoms with Crippen molar-refractivity contribution in [2.24, 2.45) is 5.41 Å².